The van der Waals surface area contributed by atoms with Crippen molar-refractivity contribution in [2.45, 2.75) is 88.6 Å². The Balaban J connectivity index is 1.77. The standard InChI is InChI=1S/C30H42N4O4/c1-30(2,3)21-13-15-23(16-14-21)34(29(36)25-27(38-5)24(37-4)19-32-25)26(20-10-9-17-31-18-20)28(35)33-22-11-7-6-8-12-22/h9-10,13-18,22,24-27,32H,6-8,11-12,19H2,1-5H3,(H,33,35)/t24-,25?,26?,27-/m1/s1. The fourth-order valence-corrected chi connectivity index (χ4v) is 5.58. The van der Waals surface area contributed by atoms with Crippen LogP contribution in [-0.4, -0.2) is 61.9 Å². The zero-order chi connectivity index (χ0) is 27.3. The normalized spacial score (nSPS) is 23.1. The minimum atomic E-state index is -0.889. The van der Waals surface area contributed by atoms with Crippen LogP contribution >= 0.6 is 0 Å². The highest BCUT2D eigenvalue weighted by molar-refractivity contribution is 6.04. The second-order valence-electron chi connectivity index (χ2n) is 11.4. The molecule has 2 N–H and O–H groups in total. The summed E-state index contributed by atoms with van der Waals surface area (Å²) < 4.78 is 11.3. The summed E-state index contributed by atoms with van der Waals surface area (Å²) in [5.41, 5.74) is 2.40. The number of anilines is 1. The minimum Gasteiger partial charge on any atom is -0.377 e. The van der Waals surface area contributed by atoms with E-state index in [1.807, 2.05) is 30.3 Å². The topological polar surface area (TPSA) is 92.8 Å². The van der Waals surface area contributed by atoms with Gasteiger partial charge in [-0.05, 0) is 42.0 Å². The van der Waals surface area contributed by atoms with Crippen LogP contribution in [0.25, 0.3) is 0 Å². The smallest absolute Gasteiger partial charge is 0.248 e. The van der Waals surface area contributed by atoms with Crippen molar-refractivity contribution in [2.24, 2.45) is 0 Å². The Kier molecular flexibility index (Phi) is 9.18. The number of amides is 2. The van der Waals surface area contributed by atoms with E-state index in [1.54, 1.807) is 37.6 Å². The van der Waals surface area contributed by atoms with Gasteiger partial charge in [-0.3, -0.25) is 19.5 Å². The predicted molar refractivity (Wildman–Crippen MR) is 148 cm³/mol. The Labute approximate surface area is 226 Å². The van der Waals surface area contributed by atoms with Crippen LogP contribution in [0.1, 0.15) is 70.0 Å². The lowest BCUT2D eigenvalue weighted by molar-refractivity contribution is -0.130. The quantitative estimate of drug-likeness (QED) is 0.546. The highest BCUT2D eigenvalue weighted by atomic mass is 16.5. The number of pyridine rings is 1. The molecule has 38 heavy (non-hydrogen) atoms. The van der Waals surface area contributed by atoms with E-state index >= 15 is 0 Å². The van der Waals surface area contributed by atoms with Gasteiger partial charge < -0.3 is 20.1 Å². The highest BCUT2D eigenvalue weighted by Crippen LogP contribution is 2.33. The Morgan fingerprint density at radius 1 is 1.05 bits per heavy atom. The lowest BCUT2D eigenvalue weighted by atomic mass is 9.87. The van der Waals surface area contributed by atoms with Gasteiger partial charge in [-0.1, -0.05) is 58.2 Å². The molecule has 1 aliphatic carbocycles. The maximum absolute atomic E-state index is 14.4. The molecule has 1 aliphatic heterocycles. The van der Waals surface area contributed by atoms with Gasteiger partial charge in [-0.25, -0.2) is 0 Å². The molecule has 2 aliphatic rings. The largest absolute Gasteiger partial charge is 0.377 e. The van der Waals surface area contributed by atoms with E-state index in [0.717, 1.165) is 31.2 Å². The van der Waals surface area contributed by atoms with Gasteiger partial charge in [-0.15, -0.1) is 0 Å². The van der Waals surface area contributed by atoms with Crippen LogP contribution in [0, 0.1) is 0 Å². The second-order valence-corrected chi connectivity index (χ2v) is 11.4. The molecule has 1 aromatic heterocycles. The number of methoxy groups -OCH3 is 2. The third-order valence-electron chi connectivity index (χ3n) is 7.78. The van der Waals surface area contributed by atoms with Gasteiger partial charge in [0, 0.05) is 50.5 Å². The van der Waals surface area contributed by atoms with Crippen molar-refractivity contribution in [1.29, 1.82) is 0 Å². The number of carbonyl (C=O) groups is 2. The summed E-state index contributed by atoms with van der Waals surface area (Å²) in [6, 6.07) is 10.1. The van der Waals surface area contributed by atoms with Gasteiger partial charge in [0.05, 0.1) is 6.10 Å². The lowest BCUT2D eigenvalue weighted by Gasteiger charge is -2.36. The maximum atomic E-state index is 14.4. The number of benzene rings is 1. The van der Waals surface area contributed by atoms with Crippen LogP contribution in [0.3, 0.4) is 0 Å². The summed E-state index contributed by atoms with van der Waals surface area (Å²) >= 11 is 0. The summed E-state index contributed by atoms with van der Waals surface area (Å²) in [5.74, 6) is -0.444. The van der Waals surface area contributed by atoms with Gasteiger partial charge in [0.1, 0.15) is 18.2 Å². The number of hydrogen-bond acceptors (Lipinski definition) is 6. The van der Waals surface area contributed by atoms with Gasteiger partial charge in [-0.2, -0.15) is 0 Å². The van der Waals surface area contributed by atoms with Crippen LogP contribution in [0.15, 0.2) is 48.8 Å². The first-order chi connectivity index (χ1) is 18.2. The molecule has 206 valence electrons. The predicted octanol–water partition coefficient (Wildman–Crippen LogP) is 3.90. The first-order valence-corrected chi connectivity index (χ1v) is 13.7. The molecule has 0 bridgehead atoms. The van der Waals surface area contributed by atoms with E-state index < -0.39 is 18.2 Å². The number of aromatic nitrogens is 1. The van der Waals surface area contributed by atoms with Crippen LogP contribution in [0.5, 0.6) is 0 Å². The molecule has 1 saturated carbocycles. The summed E-state index contributed by atoms with van der Waals surface area (Å²) in [6.07, 6.45) is 7.87. The van der Waals surface area contributed by atoms with E-state index in [2.05, 4.69) is 36.4 Å². The van der Waals surface area contributed by atoms with Crippen molar-refractivity contribution in [3.8, 4) is 0 Å². The SMILES string of the molecule is CO[C@@H]1CNC(C(=O)N(c2ccc(C(C)(C)C)cc2)C(C(=O)NC2CCCCC2)c2cccnc2)[C@@H]1OC. The Bertz CT molecular complexity index is 1060. The first kappa shape index (κ1) is 28.2. The Hall–Kier alpha value is -2.81. The van der Waals surface area contributed by atoms with Crippen LogP contribution in [0.4, 0.5) is 5.69 Å². The van der Waals surface area contributed by atoms with Gasteiger partial charge >= 0.3 is 0 Å². The molecule has 2 fully saturated rings. The number of carbonyl (C=O) groups excluding carboxylic acids is 2. The number of hydrogen-bond donors (Lipinski definition) is 2. The number of ether oxygens (including phenoxy) is 2. The van der Waals surface area contributed by atoms with Gasteiger partial charge in [0.25, 0.3) is 0 Å². The number of nitrogens with one attached hydrogen (secondary N) is 2. The van der Waals surface area contributed by atoms with Gasteiger partial charge in [0.2, 0.25) is 11.8 Å². The molecule has 2 heterocycles. The number of nitrogens with zero attached hydrogens (tertiary/aromatic N) is 2. The van der Waals surface area contributed by atoms with Crippen molar-refractivity contribution in [2.75, 3.05) is 25.7 Å². The first-order valence-electron chi connectivity index (χ1n) is 13.7. The van der Waals surface area contributed by atoms with Crippen molar-refractivity contribution >= 4 is 17.5 Å². The molecule has 1 aromatic carbocycles. The Morgan fingerprint density at radius 2 is 1.76 bits per heavy atom. The molecule has 0 spiro atoms. The minimum absolute atomic E-state index is 0.0473. The fraction of sp³-hybridized carbons (Fsp3) is 0.567. The average Bonchev–Trinajstić information content (AvgIpc) is 3.35. The fourth-order valence-electron chi connectivity index (χ4n) is 5.58. The van der Waals surface area contributed by atoms with E-state index in [0.29, 0.717) is 17.8 Å². The third kappa shape index (κ3) is 6.25. The summed E-state index contributed by atoms with van der Waals surface area (Å²) in [4.78, 5) is 34.3. The molecule has 2 aromatic rings. The monoisotopic (exact) mass is 522 g/mol. The average molecular weight is 523 g/mol. The van der Waals surface area contributed by atoms with Crippen LogP contribution in [0.2, 0.25) is 0 Å². The third-order valence-corrected chi connectivity index (χ3v) is 7.78. The second kappa shape index (κ2) is 12.4. The zero-order valence-electron chi connectivity index (χ0n) is 23.3. The molecule has 8 heteroatoms. The van der Waals surface area contributed by atoms with E-state index in [-0.39, 0.29) is 29.4 Å². The summed E-state index contributed by atoms with van der Waals surface area (Å²) in [7, 11) is 3.20. The van der Waals surface area contributed by atoms with Crippen molar-refractivity contribution in [1.82, 2.24) is 15.6 Å². The molecule has 4 rings (SSSR count). The lowest BCUT2D eigenvalue weighted by Crippen LogP contribution is -2.54. The van der Waals surface area contributed by atoms with Crippen molar-refractivity contribution < 1.29 is 19.1 Å². The Morgan fingerprint density at radius 3 is 2.34 bits per heavy atom. The molecule has 2 unspecified atom stereocenters. The van der Waals surface area contributed by atoms with E-state index in [4.69, 9.17) is 9.47 Å². The molecule has 8 nitrogen and oxygen atoms in total. The maximum Gasteiger partial charge on any atom is 0.248 e. The molecular formula is C30H42N4O4. The van der Waals surface area contributed by atoms with Crippen molar-refractivity contribution in [3.63, 3.8) is 0 Å². The van der Waals surface area contributed by atoms with E-state index in [1.165, 1.54) is 6.42 Å². The van der Waals surface area contributed by atoms with Crippen LogP contribution in [-0.2, 0) is 24.5 Å². The van der Waals surface area contributed by atoms with Crippen molar-refractivity contribution in [3.05, 3.63) is 59.9 Å². The van der Waals surface area contributed by atoms with E-state index in [9.17, 15) is 9.59 Å². The molecule has 4 atom stereocenters. The molecule has 1 saturated heterocycles. The zero-order valence-corrected chi connectivity index (χ0v) is 23.3. The summed E-state index contributed by atoms with van der Waals surface area (Å²) in [5, 5.41) is 6.54. The molecule has 0 radical (unpaired) electrons. The molecular weight excluding hydrogens is 480 g/mol. The summed E-state index contributed by atoms with van der Waals surface area (Å²) in [6.45, 7) is 6.93. The molecule has 2 amide bonds. The number of rotatable bonds is 8. The van der Waals surface area contributed by atoms with Gasteiger partial charge in [0.15, 0.2) is 0 Å². The van der Waals surface area contributed by atoms with Crippen LogP contribution < -0.4 is 15.5 Å². The highest BCUT2D eigenvalue weighted by Gasteiger charge is 2.45.